The van der Waals surface area contributed by atoms with Crippen LogP contribution in [-0.2, 0) is 0 Å². The number of ether oxygens (including phenoxy) is 1. The average molecular weight is 381 g/mol. The first-order chi connectivity index (χ1) is 13.6. The van der Waals surface area contributed by atoms with E-state index >= 15 is 0 Å². The Hall–Kier alpha value is -3.09. The van der Waals surface area contributed by atoms with Gasteiger partial charge in [-0.05, 0) is 43.0 Å². The fourth-order valence-electron chi connectivity index (χ4n) is 3.45. The number of methoxy groups -OCH3 is 1. The van der Waals surface area contributed by atoms with Gasteiger partial charge in [0.25, 0.3) is 5.91 Å². The molecule has 1 aliphatic rings. The molecule has 146 valence electrons. The molecule has 0 aliphatic carbocycles. The Morgan fingerprint density at radius 3 is 2.64 bits per heavy atom. The quantitative estimate of drug-likeness (QED) is 0.650. The first-order valence-electron chi connectivity index (χ1n) is 9.45. The van der Waals surface area contributed by atoms with Crippen LogP contribution in [0, 0.1) is 0 Å². The molecule has 7 heteroatoms. The third-order valence-corrected chi connectivity index (χ3v) is 5.08. The molecule has 0 bridgehead atoms. The summed E-state index contributed by atoms with van der Waals surface area (Å²) >= 11 is 0. The van der Waals surface area contributed by atoms with Crippen molar-refractivity contribution in [1.29, 1.82) is 0 Å². The lowest BCUT2D eigenvalue weighted by atomic mass is 10.1. The predicted molar refractivity (Wildman–Crippen MR) is 102 cm³/mol. The van der Waals surface area contributed by atoms with E-state index in [0.717, 1.165) is 35.6 Å². The molecule has 2 aromatic heterocycles. The maximum absolute atomic E-state index is 13.0. The van der Waals surface area contributed by atoms with Gasteiger partial charge < -0.3 is 18.7 Å². The molecule has 1 aromatic carbocycles. The summed E-state index contributed by atoms with van der Waals surface area (Å²) in [5, 5.41) is 8.12. The topological polar surface area (TPSA) is 81.6 Å². The standard InChI is InChI=1S/C21H23N3O4/c1-13(2)16-11-20(28-22-16)18-5-4-10-24(18)21(25)17-12-19(27-23-17)14-6-8-15(26-3)9-7-14/h6-9,11-13,18H,4-5,10H2,1-3H3/t18-/m0/s1. The normalized spacial score (nSPS) is 16.7. The van der Waals surface area contributed by atoms with Crippen LogP contribution >= 0.6 is 0 Å². The molecule has 7 nitrogen and oxygen atoms in total. The zero-order chi connectivity index (χ0) is 19.7. The largest absolute Gasteiger partial charge is 0.497 e. The van der Waals surface area contributed by atoms with Crippen molar-refractivity contribution < 1.29 is 18.6 Å². The number of carbonyl (C=O) groups excluding carboxylic acids is 1. The zero-order valence-electron chi connectivity index (χ0n) is 16.2. The molecule has 0 unspecified atom stereocenters. The van der Waals surface area contributed by atoms with Gasteiger partial charge in [0, 0.05) is 24.2 Å². The first kappa shape index (κ1) is 18.3. The molecule has 3 aromatic rings. The van der Waals surface area contributed by atoms with E-state index in [9.17, 15) is 4.79 Å². The van der Waals surface area contributed by atoms with Crippen molar-refractivity contribution in [2.75, 3.05) is 13.7 Å². The van der Waals surface area contributed by atoms with Crippen molar-refractivity contribution in [2.45, 2.75) is 38.6 Å². The van der Waals surface area contributed by atoms with Gasteiger partial charge in [-0.2, -0.15) is 0 Å². The highest BCUT2D eigenvalue weighted by Gasteiger charge is 2.34. The van der Waals surface area contributed by atoms with E-state index in [0.29, 0.717) is 18.0 Å². The molecule has 1 amide bonds. The van der Waals surface area contributed by atoms with Crippen LogP contribution in [-0.4, -0.2) is 34.8 Å². The Morgan fingerprint density at radius 2 is 1.96 bits per heavy atom. The smallest absolute Gasteiger partial charge is 0.276 e. The second kappa shape index (κ2) is 7.50. The molecule has 1 atom stereocenters. The minimum Gasteiger partial charge on any atom is -0.497 e. The van der Waals surface area contributed by atoms with E-state index in [4.69, 9.17) is 13.8 Å². The summed E-state index contributed by atoms with van der Waals surface area (Å²) < 4.78 is 16.1. The maximum Gasteiger partial charge on any atom is 0.276 e. The summed E-state index contributed by atoms with van der Waals surface area (Å²) in [5.74, 6) is 2.16. The fourth-order valence-corrected chi connectivity index (χ4v) is 3.45. The fraction of sp³-hybridized carbons (Fsp3) is 0.381. The highest BCUT2D eigenvalue weighted by molar-refractivity contribution is 5.93. The zero-order valence-corrected chi connectivity index (χ0v) is 16.2. The molecule has 4 rings (SSSR count). The second-order valence-corrected chi connectivity index (χ2v) is 7.27. The Kier molecular flexibility index (Phi) is 4.90. The molecule has 3 heterocycles. The van der Waals surface area contributed by atoms with Gasteiger partial charge in [0.15, 0.2) is 17.2 Å². The Morgan fingerprint density at radius 1 is 1.18 bits per heavy atom. The molecule has 28 heavy (non-hydrogen) atoms. The summed E-state index contributed by atoms with van der Waals surface area (Å²) in [4.78, 5) is 14.8. The molecular formula is C21H23N3O4. The minimum absolute atomic E-state index is 0.117. The molecule has 0 N–H and O–H groups in total. The number of aromatic nitrogens is 2. The summed E-state index contributed by atoms with van der Waals surface area (Å²) in [7, 11) is 1.62. The van der Waals surface area contributed by atoms with Crippen LogP contribution in [0.5, 0.6) is 5.75 Å². The van der Waals surface area contributed by atoms with Crippen LogP contribution in [0.25, 0.3) is 11.3 Å². The van der Waals surface area contributed by atoms with Crippen LogP contribution < -0.4 is 4.74 Å². The number of benzene rings is 1. The maximum atomic E-state index is 13.0. The number of rotatable bonds is 5. The van der Waals surface area contributed by atoms with Gasteiger partial charge in [-0.15, -0.1) is 0 Å². The van der Waals surface area contributed by atoms with E-state index in [-0.39, 0.29) is 17.9 Å². The van der Waals surface area contributed by atoms with Crippen molar-refractivity contribution in [3.05, 3.63) is 53.5 Å². The Bertz CT molecular complexity index is 958. The minimum atomic E-state index is -0.159. The van der Waals surface area contributed by atoms with Crippen LogP contribution in [0.15, 0.2) is 45.4 Å². The van der Waals surface area contributed by atoms with Gasteiger partial charge >= 0.3 is 0 Å². The highest BCUT2D eigenvalue weighted by Crippen LogP contribution is 2.34. The number of likely N-dealkylation sites (tertiary alicyclic amines) is 1. The lowest BCUT2D eigenvalue weighted by Gasteiger charge is -2.21. The van der Waals surface area contributed by atoms with Crippen molar-refractivity contribution >= 4 is 5.91 Å². The number of carbonyl (C=O) groups is 1. The molecule has 0 saturated carbocycles. The molecule has 1 aliphatic heterocycles. The Balaban J connectivity index is 1.54. The van der Waals surface area contributed by atoms with Gasteiger partial charge in [-0.3, -0.25) is 4.79 Å². The molecule has 0 radical (unpaired) electrons. The molecule has 1 saturated heterocycles. The average Bonchev–Trinajstić information content (AvgIpc) is 3.47. The van der Waals surface area contributed by atoms with Crippen molar-refractivity contribution in [3.63, 3.8) is 0 Å². The van der Waals surface area contributed by atoms with Gasteiger partial charge in [0.1, 0.15) is 5.75 Å². The molecule has 1 fully saturated rings. The second-order valence-electron chi connectivity index (χ2n) is 7.27. The van der Waals surface area contributed by atoms with Gasteiger partial charge in [-0.25, -0.2) is 0 Å². The monoisotopic (exact) mass is 381 g/mol. The van der Waals surface area contributed by atoms with E-state index in [1.807, 2.05) is 30.3 Å². The lowest BCUT2D eigenvalue weighted by Crippen LogP contribution is -2.30. The lowest BCUT2D eigenvalue weighted by molar-refractivity contribution is 0.0704. The number of hydrogen-bond donors (Lipinski definition) is 0. The number of nitrogens with zero attached hydrogens (tertiary/aromatic N) is 3. The van der Waals surface area contributed by atoms with Crippen LogP contribution in [0.3, 0.4) is 0 Å². The van der Waals surface area contributed by atoms with Gasteiger partial charge in [0.05, 0.1) is 18.8 Å². The number of amides is 1. The van der Waals surface area contributed by atoms with Crippen molar-refractivity contribution in [1.82, 2.24) is 15.2 Å². The van der Waals surface area contributed by atoms with E-state index in [1.54, 1.807) is 18.1 Å². The highest BCUT2D eigenvalue weighted by atomic mass is 16.5. The van der Waals surface area contributed by atoms with E-state index in [1.165, 1.54) is 0 Å². The predicted octanol–water partition coefficient (Wildman–Crippen LogP) is 4.44. The summed E-state index contributed by atoms with van der Waals surface area (Å²) in [6.45, 7) is 4.79. The Labute approximate surface area is 163 Å². The van der Waals surface area contributed by atoms with Crippen LogP contribution in [0.4, 0.5) is 0 Å². The summed E-state index contributed by atoms with van der Waals surface area (Å²) in [6, 6.07) is 10.9. The SMILES string of the molecule is COc1ccc(-c2cc(C(=O)N3CCC[C@H]3c3cc(C(C)C)no3)no2)cc1. The van der Waals surface area contributed by atoms with Crippen molar-refractivity contribution in [3.8, 4) is 17.1 Å². The van der Waals surface area contributed by atoms with E-state index in [2.05, 4.69) is 24.2 Å². The summed E-state index contributed by atoms with van der Waals surface area (Å²) in [5.41, 5.74) is 2.03. The molecular weight excluding hydrogens is 358 g/mol. The van der Waals surface area contributed by atoms with Crippen LogP contribution in [0.2, 0.25) is 0 Å². The van der Waals surface area contributed by atoms with Gasteiger partial charge in [0.2, 0.25) is 0 Å². The molecule has 0 spiro atoms. The van der Waals surface area contributed by atoms with E-state index < -0.39 is 0 Å². The van der Waals surface area contributed by atoms with Crippen molar-refractivity contribution in [2.24, 2.45) is 0 Å². The number of hydrogen-bond acceptors (Lipinski definition) is 6. The third-order valence-electron chi connectivity index (χ3n) is 5.08. The third kappa shape index (κ3) is 3.40. The first-order valence-corrected chi connectivity index (χ1v) is 9.45. The van der Waals surface area contributed by atoms with Gasteiger partial charge in [-0.1, -0.05) is 24.2 Å². The summed E-state index contributed by atoms with van der Waals surface area (Å²) in [6.07, 6.45) is 1.76. The van der Waals surface area contributed by atoms with Crippen LogP contribution in [0.1, 0.15) is 60.6 Å².